The van der Waals surface area contributed by atoms with Crippen LogP contribution < -0.4 is 5.32 Å². The first-order valence-corrected chi connectivity index (χ1v) is 8.06. The SMILES string of the molecule is CC1(OCCN2CCN(C3CCCC3)CC2)CNC1. The van der Waals surface area contributed by atoms with Crippen molar-refractivity contribution < 1.29 is 4.74 Å². The first-order valence-electron chi connectivity index (χ1n) is 8.06. The molecule has 0 amide bonds. The van der Waals surface area contributed by atoms with E-state index < -0.39 is 0 Å². The van der Waals surface area contributed by atoms with Gasteiger partial charge in [0.2, 0.25) is 0 Å². The van der Waals surface area contributed by atoms with Crippen LogP contribution in [-0.2, 0) is 4.74 Å². The number of piperazine rings is 1. The molecule has 4 nitrogen and oxygen atoms in total. The predicted octanol–water partition coefficient (Wildman–Crippen LogP) is 0.925. The Kier molecular flexibility index (Phi) is 4.42. The smallest absolute Gasteiger partial charge is 0.0902 e. The molecule has 0 bridgehead atoms. The van der Waals surface area contributed by atoms with Crippen molar-refractivity contribution in [3.05, 3.63) is 0 Å². The third-order valence-electron chi connectivity index (χ3n) is 5.10. The number of rotatable bonds is 5. The van der Waals surface area contributed by atoms with Crippen molar-refractivity contribution >= 4 is 0 Å². The third-order valence-corrected chi connectivity index (χ3v) is 5.10. The Hall–Kier alpha value is -0.160. The molecule has 0 radical (unpaired) electrons. The highest BCUT2D eigenvalue weighted by atomic mass is 16.5. The summed E-state index contributed by atoms with van der Waals surface area (Å²) in [5.74, 6) is 0. The number of nitrogens with zero attached hydrogens (tertiary/aromatic N) is 2. The van der Waals surface area contributed by atoms with Crippen LogP contribution in [0.5, 0.6) is 0 Å². The predicted molar refractivity (Wildman–Crippen MR) is 77.5 cm³/mol. The zero-order valence-electron chi connectivity index (χ0n) is 12.4. The second kappa shape index (κ2) is 6.08. The summed E-state index contributed by atoms with van der Waals surface area (Å²) >= 11 is 0. The molecule has 2 saturated heterocycles. The van der Waals surface area contributed by atoms with Gasteiger partial charge in [0.1, 0.15) is 0 Å². The average molecular weight is 267 g/mol. The molecule has 0 aromatic rings. The van der Waals surface area contributed by atoms with E-state index in [-0.39, 0.29) is 5.60 Å². The Labute approximate surface area is 117 Å². The molecule has 0 unspecified atom stereocenters. The van der Waals surface area contributed by atoms with Gasteiger partial charge in [-0.2, -0.15) is 0 Å². The molecule has 19 heavy (non-hydrogen) atoms. The lowest BCUT2D eigenvalue weighted by molar-refractivity contribution is -0.0745. The second-order valence-electron chi connectivity index (χ2n) is 6.72. The van der Waals surface area contributed by atoms with E-state index in [9.17, 15) is 0 Å². The summed E-state index contributed by atoms with van der Waals surface area (Å²) in [6.07, 6.45) is 5.78. The van der Waals surface area contributed by atoms with Gasteiger partial charge in [0, 0.05) is 51.9 Å². The quantitative estimate of drug-likeness (QED) is 0.802. The topological polar surface area (TPSA) is 27.7 Å². The van der Waals surface area contributed by atoms with E-state index in [1.165, 1.54) is 51.9 Å². The molecule has 0 spiro atoms. The monoisotopic (exact) mass is 267 g/mol. The zero-order chi connectivity index (χ0) is 13.1. The van der Waals surface area contributed by atoms with Crippen LogP contribution in [0.15, 0.2) is 0 Å². The minimum Gasteiger partial charge on any atom is -0.371 e. The van der Waals surface area contributed by atoms with Crippen LogP contribution in [0.3, 0.4) is 0 Å². The number of ether oxygens (including phenoxy) is 1. The van der Waals surface area contributed by atoms with Gasteiger partial charge in [0.25, 0.3) is 0 Å². The molecule has 0 atom stereocenters. The van der Waals surface area contributed by atoms with E-state index in [1.54, 1.807) is 0 Å². The van der Waals surface area contributed by atoms with Crippen molar-refractivity contribution in [2.24, 2.45) is 0 Å². The van der Waals surface area contributed by atoms with E-state index in [4.69, 9.17) is 4.74 Å². The summed E-state index contributed by atoms with van der Waals surface area (Å²) in [4.78, 5) is 5.29. The first kappa shape index (κ1) is 13.8. The molecular formula is C15H29N3O. The normalized spacial score (nSPS) is 29.5. The molecule has 0 aromatic heterocycles. The van der Waals surface area contributed by atoms with Crippen LogP contribution in [0.1, 0.15) is 32.6 Å². The highest BCUT2D eigenvalue weighted by Gasteiger charge is 2.32. The fraction of sp³-hybridized carbons (Fsp3) is 1.00. The van der Waals surface area contributed by atoms with Gasteiger partial charge in [-0.3, -0.25) is 9.80 Å². The van der Waals surface area contributed by atoms with Gasteiger partial charge in [-0.25, -0.2) is 0 Å². The molecule has 4 heteroatoms. The Morgan fingerprint density at radius 3 is 2.37 bits per heavy atom. The van der Waals surface area contributed by atoms with Gasteiger partial charge in [0.15, 0.2) is 0 Å². The molecule has 3 aliphatic rings. The molecule has 110 valence electrons. The minimum atomic E-state index is 0.117. The molecule has 1 N–H and O–H groups in total. The minimum absolute atomic E-state index is 0.117. The molecule has 0 aromatic carbocycles. The summed E-state index contributed by atoms with van der Waals surface area (Å²) < 4.78 is 5.98. The van der Waals surface area contributed by atoms with Crippen LogP contribution in [-0.4, -0.2) is 73.9 Å². The Morgan fingerprint density at radius 2 is 1.79 bits per heavy atom. The Balaban J connectivity index is 1.31. The molecule has 3 fully saturated rings. The van der Waals surface area contributed by atoms with E-state index in [1.807, 2.05) is 0 Å². The lowest BCUT2D eigenvalue weighted by atomic mass is 10.0. The van der Waals surface area contributed by atoms with E-state index in [0.717, 1.165) is 32.3 Å². The summed E-state index contributed by atoms with van der Waals surface area (Å²) in [6.45, 7) is 11.2. The summed E-state index contributed by atoms with van der Waals surface area (Å²) in [6, 6.07) is 0.901. The largest absolute Gasteiger partial charge is 0.371 e. The van der Waals surface area contributed by atoms with Crippen molar-refractivity contribution in [1.29, 1.82) is 0 Å². The molecule has 1 saturated carbocycles. The Bertz CT molecular complexity index is 279. The maximum absolute atomic E-state index is 5.98. The van der Waals surface area contributed by atoms with E-state index >= 15 is 0 Å². The van der Waals surface area contributed by atoms with Gasteiger partial charge >= 0.3 is 0 Å². The fourth-order valence-electron chi connectivity index (χ4n) is 3.62. The van der Waals surface area contributed by atoms with Crippen LogP contribution in [0.2, 0.25) is 0 Å². The van der Waals surface area contributed by atoms with Gasteiger partial charge in [-0.1, -0.05) is 12.8 Å². The van der Waals surface area contributed by atoms with Crippen molar-refractivity contribution in [2.45, 2.75) is 44.2 Å². The van der Waals surface area contributed by atoms with Crippen LogP contribution in [0, 0.1) is 0 Å². The summed E-state index contributed by atoms with van der Waals surface area (Å²) in [7, 11) is 0. The van der Waals surface area contributed by atoms with Crippen molar-refractivity contribution in [3.63, 3.8) is 0 Å². The van der Waals surface area contributed by atoms with Crippen LogP contribution in [0.4, 0.5) is 0 Å². The lowest BCUT2D eigenvalue weighted by Crippen LogP contribution is -2.59. The van der Waals surface area contributed by atoms with Crippen molar-refractivity contribution in [3.8, 4) is 0 Å². The first-order chi connectivity index (χ1) is 9.25. The fourth-order valence-corrected chi connectivity index (χ4v) is 3.62. The number of nitrogens with one attached hydrogen (secondary N) is 1. The van der Waals surface area contributed by atoms with Gasteiger partial charge < -0.3 is 10.1 Å². The second-order valence-corrected chi connectivity index (χ2v) is 6.72. The van der Waals surface area contributed by atoms with Crippen LogP contribution in [0.25, 0.3) is 0 Å². The Morgan fingerprint density at radius 1 is 1.11 bits per heavy atom. The van der Waals surface area contributed by atoms with Crippen molar-refractivity contribution in [2.75, 3.05) is 52.4 Å². The van der Waals surface area contributed by atoms with Gasteiger partial charge in [-0.15, -0.1) is 0 Å². The number of hydrogen-bond acceptors (Lipinski definition) is 4. The molecule has 2 heterocycles. The highest BCUT2D eigenvalue weighted by molar-refractivity contribution is 4.90. The molecule has 3 rings (SSSR count). The highest BCUT2D eigenvalue weighted by Crippen LogP contribution is 2.24. The average Bonchev–Trinajstić information content (AvgIpc) is 2.91. The van der Waals surface area contributed by atoms with Gasteiger partial charge in [-0.05, 0) is 19.8 Å². The van der Waals surface area contributed by atoms with Crippen molar-refractivity contribution in [1.82, 2.24) is 15.1 Å². The zero-order valence-corrected chi connectivity index (χ0v) is 12.4. The number of hydrogen-bond donors (Lipinski definition) is 1. The summed E-state index contributed by atoms with van der Waals surface area (Å²) in [5.41, 5.74) is 0.117. The van der Waals surface area contributed by atoms with E-state index in [2.05, 4.69) is 22.0 Å². The maximum Gasteiger partial charge on any atom is 0.0902 e. The lowest BCUT2D eigenvalue weighted by Gasteiger charge is -2.41. The third kappa shape index (κ3) is 3.48. The summed E-state index contributed by atoms with van der Waals surface area (Å²) in [5, 5.41) is 3.28. The van der Waals surface area contributed by atoms with Gasteiger partial charge in [0.05, 0.1) is 12.2 Å². The standard InChI is InChI=1S/C15H29N3O/c1-15(12-16-13-15)19-11-10-17-6-8-18(9-7-17)14-4-2-3-5-14/h14,16H,2-13H2,1H3. The molecule has 1 aliphatic carbocycles. The van der Waals surface area contributed by atoms with Crippen LogP contribution >= 0.6 is 0 Å². The molecular weight excluding hydrogens is 238 g/mol. The van der Waals surface area contributed by atoms with E-state index in [0.29, 0.717) is 0 Å². The molecule has 2 aliphatic heterocycles. The maximum atomic E-state index is 5.98.